The zero-order valence-electron chi connectivity index (χ0n) is 10.7. The second-order valence-electron chi connectivity index (χ2n) is 5.75. The molecular weight excluding hydrogens is 248 g/mol. The molecule has 0 aromatic heterocycles. The molecule has 1 aromatic carbocycles. The van der Waals surface area contributed by atoms with Crippen LogP contribution in [0.5, 0.6) is 0 Å². The summed E-state index contributed by atoms with van der Waals surface area (Å²) in [5.74, 6) is -0.514. The van der Waals surface area contributed by atoms with Crippen LogP contribution in [0.3, 0.4) is 0 Å². The smallest absolute Gasteiger partial charge is 0.254 e. The van der Waals surface area contributed by atoms with Crippen molar-refractivity contribution in [1.82, 2.24) is 5.32 Å². The lowest BCUT2D eigenvalue weighted by atomic mass is 9.89. The Morgan fingerprint density at radius 3 is 2.79 bits per heavy atom. The Hall–Kier alpha value is -1.45. The molecule has 2 fully saturated rings. The van der Waals surface area contributed by atoms with Gasteiger partial charge in [0.25, 0.3) is 5.91 Å². The minimum absolute atomic E-state index is 0.205. The molecule has 3 rings (SSSR count). The molecule has 0 spiro atoms. The zero-order chi connectivity index (χ0) is 13.4. The molecule has 3 unspecified atom stereocenters. The van der Waals surface area contributed by atoms with Crippen molar-refractivity contribution in [3.8, 4) is 0 Å². The fourth-order valence-electron chi connectivity index (χ4n) is 3.62. The van der Waals surface area contributed by atoms with Gasteiger partial charge >= 0.3 is 0 Å². The zero-order valence-corrected chi connectivity index (χ0v) is 10.7. The van der Waals surface area contributed by atoms with E-state index >= 15 is 0 Å². The lowest BCUT2D eigenvalue weighted by Crippen LogP contribution is -2.32. The van der Waals surface area contributed by atoms with Gasteiger partial charge in [-0.3, -0.25) is 4.79 Å². The fourth-order valence-corrected chi connectivity index (χ4v) is 3.62. The first-order chi connectivity index (χ1) is 9.15. The van der Waals surface area contributed by atoms with E-state index < -0.39 is 17.5 Å². The Labute approximate surface area is 111 Å². The predicted molar refractivity (Wildman–Crippen MR) is 67.6 cm³/mol. The van der Waals surface area contributed by atoms with Crippen molar-refractivity contribution in [2.45, 2.75) is 25.7 Å². The van der Waals surface area contributed by atoms with Gasteiger partial charge in [0.15, 0.2) is 11.6 Å². The highest BCUT2D eigenvalue weighted by molar-refractivity contribution is 5.94. The standard InChI is InChI=1S/C15H17F2NO/c16-13-3-1-2-12(14(13)17)15(19)18-8-11-7-9-4-5-10(11)6-9/h1-3,9-11H,4-8H2,(H,18,19). The number of benzene rings is 1. The Bertz CT molecular complexity index is 503. The molecule has 0 saturated heterocycles. The minimum atomic E-state index is -1.06. The number of hydrogen-bond acceptors (Lipinski definition) is 1. The molecule has 1 aromatic rings. The van der Waals surface area contributed by atoms with Gasteiger partial charge in [0, 0.05) is 6.54 Å². The summed E-state index contributed by atoms with van der Waals surface area (Å²) >= 11 is 0. The van der Waals surface area contributed by atoms with E-state index in [9.17, 15) is 13.6 Å². The molecule has 102 valence electrons. The fraction of sp³-hybridized carbons (Fsp3) is 0.533. The van der Waals surface area contributed by atoms with E-state index in [0.717, 1.165) is 18.4 Å². The third kappa shape index (κ3) is 2.36. The normalized spacial score (nSPS) is 28.6. The summed E-state index contributed by atoms with van der Waals surface area (Å²) < 4.78 is 26.5. The lowest BCUT2D eigenvalue weighted by Gasteiger charge is -2.21. The second-order valence-corrected chi connectivity index (χ2v) is 5.75. The molecule has 0 heterocycles. The van der Waals surface area contributed by atoms with Gasteiger partial charge in [0.2, 0.25) is 0 Å². The van der Waals surface area contributed by atoms with Crippen LogP contribution in [-0.2, 0) is 0 Å². The van der Waals surface area contributed by atoms with Crippen molar-refractivity contribution >= 4 is 5.91 Å². The first kappa shape index (κ1) is 12.6. The lowest BCUT2D eigenvalue weighted by molar-refractivity contribution is 0.0936. The van der Waals surface area contributed by atoms with Crippen molar-refractivity contribution in [2.24, 2.45) is 17.8 Å². The van der Waals surface area contributed by atoms with Gasteiger partial charge in [-0.25, -0.2) is 8.78 Å². The van der Waals surface area contributed by atoms with Crippen LogP contribution in [0.4, 0.5) is 8.78 Å². The highest BCUT2D eigenvalue weighted by Gasteiger charge is 2.39. The summed E-state index contributed by atoms with van der Waals surface area (Å²) in [6.45, 7) is 0.579. The number of carbonyl (C=O) groups excluding carboxylic acids is 1. The van der Waals surface area contributed by atoms with E-state index in [-0.39, 0.29) is 5.56 Å². The molecule has 3 atom stereocenters. The molecule has 1 amide bonds. The highest BCUT2D eigenvalue weighted by atomic mass is 19.2. The molecule has 2 aliphatic carbocycles. The summed E-state index contributed by atoms with van der Waals surface area (Å²) in [5, 5.41) is 2.75. The Morgan fingerprint density at radius 2 is 2.11 bits per heavy atom. The van der Waals surface area contributed by atoms with E-state index in [1.165, 1.54) is 31.4 Å². The molecule has 2 bridgehead atoms. The minimum Gasteiger partial charge on any atom is -0.352 e. The molecule has 0 radical (unpaired) electrons. The highest BCUT2D eigenvalue weighted by Crippen LogP contribution is 2.47. The van der Waals surface area contributed by atoms with Gasteiger partial charge in [-0.1, -0.05) is 12.5 Å². The first-order valence-corrected chi connectivity index (χ1v) is 6.87. The number of fused-ring (bicyclic) bond motifs is 2. The van der Waals surface area contributed by atoms with Gasteiger partial charge < -0.3 is 5.32 Å². The Kier molecular flexibility index (Phi) is 3.25. The topological polar surface area (TPSA) is 29.1 Å². The molecule has 1 N–H and O–H groups in total. The van der Waals surface area contributed by atoms with Crippen LogP contribution in [0, 0.1) is 29.4 Å². The van der Waals surface area contributed by atoms with Crippen molar-refractivity contribution in [3.05, 3.63) is 35.4 Å². The van der Waals surface area contributed by atoms with Crippen molar-refractivity contribution in [1.29, 1.82) is 0 Å². The number of rotatable bonds is 3. The van der Waals surface area contributed by atoms with E-state index in [2.05, 4.69) is 5.32 Å². The quantitative estimate of drug-likeness (QED) is 0.893. The molecule has 0 aliphatic heterocycles. The molecule has 2 nitrogen and oxygen atoms in total. The summed E-state index contributed by atoms with van der Waals surface area (Å²) in [6.07, 6.45) is 5.00. The second kappa shape index (κ2) is 4.91. The van der Waals surface area contributed by atoms with E-state index in [0.29, 0.717) is 18.4 Å². The molecule has 4 heteroatoms. The van der Waals surface area contributed by atoms with E-state index in [1.807, 2.05) is 0 Å². The molecule has 2 saturated carbocycles. The van der Waals surface area contributed by atoms with Crippen LogP contribution in [0.25, 0.3) is 0 Å². The van der Waals surface area contributed by atoms with Crippen LogP contribution >= 0.6 is 0 Å². The average Bonchev–Trinajstić information content (AvgIpc) is 3.01. The van der Waals surface area contributed by atoms with Gasteiger partial charge in [-0.15, -0.1) is 0 Å². The number of hydrogen-bond donors (Lipinski definition) is 1. The Balaban J connectivity index is 1.61. The number of nitrogens with one attached hydrogen (secondary N) is 1. The van der Waals surface area contributed by atoms with E-state index in [4.69, 9.17) is 0 Å². The van der Waals surface area contributed by atoms with Crippen molar-refractivity contribution in [3.63, 3.8) is 0 Å². The van der Waals surface area contributed by atoms with E-state index in [1.54, 1.807) is 0 Å². The monoisotopic (exact) mass is 265 g/mol. The number of carbonyl (C=O) groups is 1. The third-order valence-electron chi connectivity index (χ3n) is 4.61. The van der Waals surface area contributed by atoms with Crippen molar-refractivity contribution < 1.29 is 13.6 Å². The SMILES string of the molecule is O=C(NCC1CC2CCC1C2)c1cccc(F)c1F. The maximum atomic E-state index is 13.5. The van der Waals surface area contributed by atoms with Gasteiger partial charge in [0.05, 0.1) is 5.56 Å². The summed E-state index contributed by atoms with van der Waals surface area (Å²) in [6, 6.07) is 3.68. The van der Waals surface area contributed by atoms with Crippen molar-refractivity contribution in [2.75, 3.05) is 6.54 Å². The maximum Gasteiger partial charge on any atom is 0.254 e. The largest absolute Gasteiger partial charge is 0.352 e. The molecule has 19 heavy (non-hydrogen) atoms. The summed E-state index contributed by atoms with van der Waals surface area (Å²) in [5.41, 5.74) is -0.205. The van der Waals surface area contributed by atoms with Crippen LogP contribution in [0.15, 0.2) is 18.2 Å². The predicted octanol–water partition coefficient (Wildman–Crippen LogP) is 3.13. The summed E-state index contributed by atoms with van der Waals surface area (Å²) in [4.78, 5) is 11.9. The van der Waals surface area contributed by atoms with Gasteiger partial charge in [0.1, 0.15) is 0 Å². The van der Waals surface area contributed by atoms with Gasteiger partial charge in [-0.05, 0) is 49.1 Å². The maximum absolute atomic E-state index is 13.5. The molecule has 2 aliphatic rings. The Morgan fingerprint density at radius 1 is 1.26 bits per heavy atom. The van der Waals surface area contributed by atoms with Crippen LogP contribution < -0.4 is 5.32 Å². The average molecular weight is 265 g/mol. The van der Waals surface area contributed by atoms with Crippen LogP contribution in [0.2, 0.25) is 0 Å². The van der Waals surface area contributed by atoms with Crippen LogP contribution in [0.1, 0.15) is 36.0 Å². The van der Waals surface area contributed by atoms with Gasteiger partial charge in [-0.2, -0.15) is 0 Å². The summed E-state index contributed by atoms with van der Waals surface area (Å²) in [7, 11) is 0. The number of amides is 1. The first-order valence-electron chi connectivity index (χ1n) is 6.87. The molecular formula is C15H17F2NO. The van der Waals surface area contributed by atoms with Crippen LogP contribution in [-0.4, -0.2) is 12.5 Å². The number of halogens is 2. The third-order valence-corrected chi connectivity index (χ3v) is 4.61.